The molecule has 0 atom stereocenters. The minimum atomic E-state index is 0.0149. The highest BCUT2D eigenvalue weighted by atomic mass is 16.2. The van der Waals surface area contributed by atoms with Crippen LogP contribution in [-0.2, 0) is 18.5 Å². The molecule has 2 N–H and O–H groups in total. The van der Waals surface area contributed by atoms with E-state index in [1.165, 1.54) is 12.8 Å². The fraction of sp³-hybridized carbons (Fsp3) is 0.542. The van der Waals surface area contributed by atoms with Crippen LogP contribution < -0.4 is 5.32 Å². The average Bonchev–Trinajstić information content (AvgIpc) is 3.23. The first-order valence-electron chi connectivity index (χ1n) is 11.4. The first-order valence-corrected chi connectivity index (χ1v) is 11.4. The topological polar surface area (TPSA) is 78.3 Å². The van der Waals surface area contributed by atoms with Crippen LogP contribution in [0.5, 0.6) is 0 Å². The van der Waals surface area contributed by atoms with Gasteiger partial charge in [0.25, 0.3) is 5.91 Å². The highest BCUT2D eigenvalue weighted by Gasteiger charge is 2.24. The molecule has 1 amide bonds. The molecule has 1 aliphatic rings. The normalized spacial score (nSPS) is 15.4. The van der Waals surface area contributed by atoms with Crippen LogP contribution in [0.25, 0.3) is 5.65 Å². The summed E-state index contributed by atoms with van der Waals surface area (Å²) < 4.78 is 2.04. The molecule has 31 heavy (non-hydrogen) atoms. The number of amides is 1. The lowest BCUT2D eigenvalue weighted by Gasteiger charge is -2.19. The largest absolute Gasteiger partial charge is 0.337 e. The van der Waals surface area contributed by atoms with Gasteiger partial charge in [0.05, 0.1) is 11.4 Å². The molecule has 166 valence electrons. The molecule has 1 saturated heterocycles. The van der Waals surface area contributed by atoms with Gasteiger partial charge in [-0.3, -0.25) is 9.89 Å². The van der Waals surface area contributed by atoms with Gasteiger partial charge in [-0.25, -0.2) is 4.98 Å². The fourth-order valence-electron chi connectivity index (χ4n) is 4.11. The number of likely N-dealkylation sites (tertiary alicyclic amines) is 1. The first kappa shape index (κ1) is 21.6. The molecule has 0 aromatic carbocycles. The van der Waals surface area contributed by atoms with E-state index in [9.17, 15) is 4.79 Å². The van der Waals surface area contributed by atoms with Crippen LogP contribution in [-0.4, -0.2) is 43.5 Å². The molecule has 3 aromatic rings. The Morgan fingerprint density at radius 3 is 2.55 bits per heavy atom. The number of nitrogens with one attached hydrogen (secondary N) is 2. The van der Waals surface area contributed by atoms with Crippen molar-refractivity contribution in [1.29, 1.82) is 0 Å². The molecule has 0 aliphatic carbocycles. The molecule has 0 unspecified atom stereocenters. The summed E-state index contributed by atoms with van der Waals surface area (Å²) in [6.45, 7) is 11.4. The van der Waals surface area contributed by atoms with Crippen molar-refractivity contribution in [3.05, 3.63) is 52.7 Å². The van der Waals surface area contributed by atoms with Crippen LogP contribution in [0.2, 0.25) is 0 Å². The van der Waals surface area contributed by atoms with E-state index in [-0.39, 0.29) is 11.3 Å². The van der Waals surface area contributed by atoms with Crippen molar-refractivity contribution in [2.75, 3.05) is 13.1 Å². The van der Waals surface area contributed by atoms with Gasteiger partial charge in [-0.15, -0.1) is 0 Å². The van der Waals surface area contributed by atoms with Gasteiger partial charge in [0.15, 0.2) is 5.69 Å². The lowest BCUT2D eigenvalue weighted by Crippen LogP contribution is -2.33. The number of aromatic nitrogens is 4. The SMILES string of the molecule is Cc1ccn2c(CNCc3cc(C(C)(C)C)n[nH]3)c(C(=O)N3CCCCCC3)nc2c1. The molecular formula is C24H34N6O. The third kappa shape index (κ3) is 4.82. The zero-order chi connectivity index (χ0) is 22.0. The number of hydrogen-bond acceptors (Lipinski definition) is 4. The molecular weight excluding hydrogens is 388 g/mol. The Morgan fingerprint density at radius 2 is 1.87 bits per heavy atom. The maximum absolute atomic E-state index is 13.4. The molecule has 1 fully saturated rings. The maximum atomic E-state index is 13.4. The van der Waals surface area contributed by atoms with Gasteiger partial charge in [0.1, 0.15) is 5.65 Å². The van der Waals surface area contributed by atoms with Crippen LogP contribution in [0.4, 0.5) is 0 Å². The predicted molar refractivity (Wildman–Crippen MR) is 122 cm³/mol. The van der Waals surface area contributed by atoms with Crippen LogP contribution in [0.15, 0.2) is 24.4 Å². The number of fused-ring (bicyclic) bond motifs is 1. The summed E-state index contributed by atoms with van der Waals surface area (Å²) in [6, 6.07) is 6.20. The number of aryl methyl sites for hydroxylation is 1. The minimum absolute atomic E-state index is 0.0149. The number of imidazole rings is 1. The zero-order valence-electron chi connectivity index (χ0n) is 19.2. The van der Waals surface area contributed by atoms with Crippen LogP contribution in [0.3, 0.4) is 0 Å². The summed E-state index contributed by atoms with van der Waals surface area (Å²) in [7, 11) is 0. The fourth-order valence-corrected chi connectivity index (χ4v) is 4.11. The lowest BCUT2D eigenvalue weighted by molar-refractivity contribution is 0.0755. The van der Waals surface area contributed by atoms with Gasteiger partial charge >= 0.3 is 0 Å². The Balaban J connectivity index is 1.56. The second-order valence-corrected chi connectivity index (χ2v) is 9.68. The number of carbonyl (C=O) groups is 1. The first-order chi connectivity index (χ1) is 14.8. The van der Waals surface area contributed by atoms with Gasteiger partial charge in [-0.05, 0) is 43.5 Å². The van der Waals surface area contributed by atoms with Gasteiger partial charge in [-0.2, -0.15) is 5.10 Å². The Morgan fingerprint density at radius 1 is 1.13 bits per heavy atom. The lowest BCUT2D eigenvalue weighted by atomic mass is 9.92. The van der Waals surface area contributed by atoms with Crippen molar-refractivity contribution in [1.82, 2.24) is 29.8 Å². The van der Waals surface area contributed by atoms with Crippen molar-refractivity contribution >= 4 is 11.6 Å². The number of pyridine rings is 1. The summed E-state index contributed by atoms with van der Waals surface area (Å²) in [5, 5.41) is 11.0. The summed E-state index contributed by atoms with van der Waals surface area (Å²) in [6.07, 6.45) is 6.55. The summed E-state index contributed by atoms with van der Waals surface area (Å²) in [4.78, 5) is 20.1. The third-order valence-corrected chi connectivity index (χ3v) is 5.98. The standard InChI is InChI=1S/C24H34N6O/c1-17-9-12-30-19(16-25-15-18-14-20(28-27-18)24(2,3)4)22(26-21(30)13-17)23(31)29-10-7-5-6-8-11-29/h9,12-14,25H,5-8,10-11,15-16H2,1-4H3,(H,27,28). The Hall–Kier alpha value is -2.67. The molecule has 7 nitrogen and oxygen atoms in total. The monoisotopic (exact) mass is 422 g/mol. The summed E-state index contributed by atoms with van der Waals surface area (Å²) in [5.74, 6) is 0.0524. The quantitative estimate of drug-likeness (QED) is 0.652. The third-order valence-electron chi connectivity index (χ3n) is 5.98. The van der Waals surface area contributed by atoms with E-state index in [1.807, 2.05) is 28.5 Å². The smallest absolute Gasteiger partial charge is 0.274 e. The van der Waals surface area contributed by atoms with E-state index in [0.29, 0.717) is 18.8 Å². The van der Waals surface area contributed by atoms with Gasteiger partial charge in [0, 0.05) is 43.5 Å². The molecule has 1 aliphatic heterocycles. The van der Waals surface area contributed by atoms with E-state index in [4.69, 9.17) is 4.98 Å². The van der Waals surface area contributed by atoms with Gasteiger partial charge in [-0.1, -0.05) is 33.6 Å². The summed E-state index contributed by atoms with van der Waals surface area (Å²) in [5.41, 5.74) is 5.55. The number of nitrogens with zero attached hydrogens (tertiary/aromatic N) is 4. The average molecular weight is 423 g/mol. The van der Waals surface area contributed by atoms with E-state index in [1.54, 1.807) is 0 Å². The maximum Gasteiger partial charge on any atom is 0.274 e. The number of H-pyrrole nitrogens is 1. The molecule has 0 bridgehead atoms. The van der Waals surface area contributed by atoms with Crippen molar-refractivity contribution < 1.29 is 4.79 Å². The van der Waals surface area contributed by atoms with E-state index in [2.05, 4.69) is 48.4 Å². The van der Waals surface area contributed by atoms with Crippen molar-refractivity contribution in [3.63, 3.8) is 0 Å². The Labute approximate surface area is 184 Å². The molecule has 0 spiro atoms. The number of aromatic amines is 1. The van der Waals surface area contributed by atoms with E-state index >= 15 is 0 Å². The zero-order valence-corrected chi connectivity index (χ0v) is 19.2. The predicted octanol–water partition coefficient (Wildman–Crippen LogP) is 3.97. The van der Waals surface area contributed by atoms with Crippen LogP contribution in [0, 0.1) is 6.92 Å². The van der Waals surface area contributed by atoms with Crippen LogP contribution in [0.1, 0.15) is 79.6 Å². The minimum Gasteiger partial charge on any atom is -0.337 e. The van der Waals surface area contributed by atoms with Crippen molar-refractivity contribution in [2.24, 2.45) is 0 Å². The van der Waals surface area contributed by atoms with Gasteiger partial charge in [0.2, 0.25) is 0 Å². The molecule has 4 heterocycles. The summed E-state index contributed by atoms with van der Waals surface area (Å²) >= 11 is 0. The Bertz CT molecular complexity index is 1050. The second kappa shape index (κ2) is 8.83. The van der Waals surface area contributed by atoms with Crippen molar-refractivity contribution in [3.8, 4) is 0 Å². The van der Waals surface area contributed by atoms with Gasteiger partial charge < -0.3 is 14.6 Å². The molecule has 3 aromatic heterocycles. The number of carbonyl (C=O) groups excluding carboxylic acids is 1. The molecule has 7 heteroatoms. The van der Waals surface area contributed by atoms with Crippen molar-refractivity contribution in [2.45, 2.75) is 71.9 Å². The number of hydrogen-bond donors (Lipinski definition) is 2. The highest BCUT2D eigenvalue weighted by molar-refractivity contribution is 5.94. The molecule has 0 saturated carbocycles. The Kier molecular flexibility index (Phi) is 6.14. The molecule has 4 rings (SSSR count). The van der Waals surface area contributed by atoms with Crippen LogP contribution >= 0.6 is 0 Å². The molecule has 0 radical (unpaired) electrons. The second-order valence-electron chi connectivity index (χ2n) is 9.68. The van der Waals surface area contributed by atoms with E-state index in [0.717, 1.165) is 54.2 Å². The number of rotatable bonds is 5. The van der Waals surface area contributed by atoms with E-state index < -0.39 is 0 Å². The highest BCUT2D eigenvalue weighted by Crippen LogP contribution is 2.21.